The molecule has 9 nitrogen and oxygen atoms in total. The highest BCUT2D eigenvalue weighted by atomic mass is 79.9. The van der Waals surface area contributed by atoms with Crippen LogP contribution in [0.2, 0.25) is 0 Å². The van der Waals surface area contributed by atoms with E-state index in [1.807, 2.05) is 18.2 Å². The average Bonchev–Trinajstić information content (AvgIpc) is 3.57. The first-order valence-electron chi connectivity index (χ1n) is 11.8. The Labute approximate surface area is 209 Å². The van der Waals surface area contributed by atoms with E-state index in [9.17, 15) is 4.79 Å². The zero-order chi connectivity index (χ0) is 23.8. The molecule has 35 heavy (non-hydrogen) atoms. The molecule has 0 amide bonds. The van der Waals surface area contributed by atoms with Gasteiger partial charge >= 0.3 is 0 Å². The second-order valence-electron chi connectivity index (χ2n) is 8.91. The maximum Gasteiger partial charge on any atom is 0.290 e. The van der Waals surface area contributed by atoms with Crippen LogP contribution in [0, 0.1) is 0 Å². The van der Waals surface area contributed by atoms with Gasteiger partial charge in [0.2, 0.25) is 5.82 Å². The van der Waals surface area contributed by atoms with Crippen LogP contribution in [0.3, 0.4) is 0 Å². The molecule has 1 saturated carbocycles. The molecule has 1 aliphatic carbocycles. The third-order valence-corrected chi connectivity index (χ3v) is 7.31. The van der Waals surface area contributed by atoms with Gasteiger partial charge in [-0.25, -0.2) is 10.1 Å². The van der Waals surface area contributed by atoms with Crippen molar-refractivity contribution < 1.29 is 0 Å². The van der Waals surface area contributed by atoms with Crippen molar-refractivity contribution in [1.82, 2.24) is 40.4 Å². The number of aromatic amines is 2. The Morgan fingerprint density at radius 1 is 0.971 bits per heavy atom. The Balaban J connectivity index is 1.38. The predicted octanol–water partition coefficient (Wildman–Crippen LogP) is 4.83. The highest BCUT2D eigenvalue weighted by Gasteiger charge is 2.25. The van der Waals surface area contributed by atoms with Gasteiger partial charge in [-0.3, -0.25) is 4.79 Å². The molecule has 6 rings (SSSR count). The molecule has 10 heteroatoms. The fourth-order valence-corrected chi connectivity index (χ4v) is 5.43. The summed E-state index contributed by atoms with van der Waals surface area (Å²) in [5, 5.41) is 21.2. The van der Waals surface area contributed by atoms with E-state index in [-0.39, 0.29) is 5.56 Å². The van der Waals surface area contributed by atoms with Crippen molar-refractivity contribution in [3.63, 3.8) is 0 Å². The number of fused-ring (bicyclic) bond motifs is 1. The maximum atomic E-state index is 12.8. The van der Waals surface area contributed by atoms with Gasteiger partial charge in [0.25, 0.3) is 5.56 Å². The van der Waals surface area contributed by atoms with Crippen LogP contribution < -0.4 is 5.56 Å². The van der Waals surface area contributed by atoms with Gasteiger partial charge in [-0.2, -0.15) is 10.3 Å². The smallest absolute Gasteiger partial charge is 0.290 e. The monoisotopic (exact) mass is 530 g/mol. The van der Waals surface area contributed by atoms with E-state index in [1.165, 1.54) is 19.3 Å². The lowest BCUT2D eigenvalue weighted by Gasteiger charge is -2.22. The number of hydrogen-bond donors (Lipinski definition) is 2. The van der Waals surface area contributed by atoms with Crippen LogP contribution in [0.5, 0.6) is 0 Å². The standard InChI is InChI=1S/C25H23BrN8O/c26-22-20-21(25(35)31-28-22)34(24(27-20)17-6-2-1-3-7-17)14-15-10-12-16(13-11-15)18-8-4-5-9-19(18)23-29-32-33-30-23/h4-5,8-13,17H,1-3,6-7,14H2,(H,31,35)(H,29,30,32,33). The highest BCUT2D eigenvalue weighted by Crippen LogP contribution is 2.35. The first kappa shape index (κ1) is 21.8. The molecule has 3 aromatic heterocycles. The van der Waals surface area contributed by atoms with E-state index in [4.69, 9.17) is 4.98 Å². The van der Waals surface area contributed by atoms with Crippen LogP contribution >= 0.6 is 15.9 Å². The number of imidazole rings is 1. The first-order chi connectivity index (χ1) is 17.2. The summed E-state index contributed by atoms with van der Waals surface area (Å²) in [5.41, 5.74) is 5.07. The van der Waals surface area contributed by atoms with Crippen LogP contribution in [-0.2, 0) is 6.54 Å². The van der Waals surface area contributed by atoms with E-state index in [1.54, 1.807) is 0 Å². The van der Waals surface area contributed by atoms with Gasteiger partial charge in [0.1, 0.15) is 16.9 Å². The first-order valence-corrected chi connectivity index (χ1v) is 12.5. The Morgan fingerprint density at radius 2 is 1.74 bits per heavy atom. The lowest BCUT2D eigenvalue weighted by atomic mass is 9.88. The summed E-state index contributed by atoms with van der Waals surface area (Å²) in [6, 6.07) is 16.4. The topological polar surface area (TPSA) is 118 Å². The summed E-state index contributed by atoms with van der Waals surface area (Å²) in [6.45, 7) is 0.564. The molecule has 0 atom stereocenters. The van der Waals surface area contributed by atoms with Gasteiger partial charge in [-0.1, -0.05) is 67.8 Å². The zero-order valence-corrected chi connectivity index (χ0v) is 20.5. The third-order valence-electron chi connectivity index (χ3n) is 6.75. The second kappa shape index (κ2) is 9.18. The summed E-state index contributed by atoms with van der Waals surface area (Å²) in [6.07, 6.45) is 5.84. The normalized spacial score (nSPS) is 14.5. The Hall–Kier alpha value is -3.66. The molecule has 0 radical (unpaired) electrons. The third kappa shape index (κ3) is 4.07. The molecule has 0 unspecified atom stereocenters. The van der Waals surface area contributed by atoms with Crippen molar-refractivity contribution in [1.29, 1.82) is 0 Å². The predicted molar refractivity (Wildman–Crippen MR) is 136 cm³/mol. The van der Waals surface area contributed by atoms with Crippen LogP contribution in [0.1, 0.15) is 49.4 Å². The average molecular weight is 531 g/mol. The van der Waals surface area contributed by atoms with Crippen LogP contribution in [-0.4, -0.2) is 40.4 Å². The number of nitrogens with one attached hydrogen (secondary N) is 2. The lowest BCUT2D eigenvalue weighted by Crippen LogP contribution is -2.17. The number of halogens is 1. The minimum atomic E-state index is -0.219. The number of tetrazole rings is 1. The fourth-order valence-electron chi connectivity index (χ4n) is 5.06. The van der Waals surface area contributed by atoms with Crippen molar-refractivity contribution in [2.75, 3.05) is 0 Å². The van der Waals surface area contributed by atoms with E-state index in [0.29, 0.717) is 33.9 Å². The van der Waals surface area contributed by atoms with Crippen molar-refractivity contribution >= 4 is 27.0 Å². The molecule has 0 saturated heterocycles. The van der Waals surface area contributed by atoms with Crippen LogP contribution in [0.15, 0.2) is 57.9 Å². The van der Waals surface area contributed by atoms with Crippen LogP contribution in [0.25, 0.3) is 33.5 Å². The Bertz CT molecular complexity index is 1530. The van der Waals surface area contributed by atoms with E-state index < -0.39 is 0 Å². The van der Waals surface area contributed by atoms with Gasteiger partial charge in [-0.05, 0) is 50.7 Å². The maximum absolute atomic E-state index is 12.8. The number of nitrogens with zero attached hydrogens (tertiary/aromatic N) is 6. The second-order valence-corrected chi connectivity index (χ2v) is 9.66. The molecule has 1 aliphatic rings. The van der Waals surface area contributed by atoms with E-state index in [2.05, 4.69) is 81.7 Å². The van der Waals surface area contributed by atoms with Gasteiger partial charge in [0, 0.05) is 18.0 Å². The SMILES string of the molecule is O=c1[nH]nc(Br)c2nc(C3CCCCC3)n(Cc3ccc(-c4ccccc4-c4nn[nH]n4)cc3)c12. The Morgan fingerprint density at radius 3 is 2.49 bits per heavy atom. The van der Waals surface area contributed by atoms with Gasteiger partial charge in [0.05, 0.1) is 0 Å². The summed E-state index contributed by atoms with van der Waals surface area (Å²) in [4.78, 5) is 17.7. The number of hydrogen-bond acceptors (Lipinski definition) is 6. The van der Waals surface area contributed by atoms with Crippen LogP contribution in [0.4, 0.5) is 0 Å². The lowest BCUT2D eigenvalue weighted by molar-refractivity contribution is 0.420. The molecule has 5 aromatic rings. The largest absolute Gasteiger partial charge is 0.319 e. The van der Waals surface area contributed by atoms with Crippen molar-refractivity contribution in [2.45, 2.75) is 44.6 Å². The summed E-state index contributed by atoms with van der Waals surface area (Å²) in [7, 11) is 0. The molecule has 2 N–H and O–H groups in total. The van der Waals surface area contributed by atoms with Gasteiger partial charge in [-0.15, -0.1) is 10.2 Å². The minimum Gasteiger partial charge on any atom is -0.319 e. The van der Waals surface area contributed by atoms with Crippen molar-refractivity contribution in [2.24, 2.45) is 0 Å². The quantitative estimate of drug-likeness (QED) is 0.336. The van der Waals surface area contributed by atoms with E-state index >= 15 is 0 Å². The molecule has 3 heterocycles. The summed E-state index contributed by atoms with van der Waals surface area (Å²) in [5.74, 6) is 1.89. The summed E-state index contributed by atoms with van der Waals surface area (Å²) >= 11 is 3.47. The Kier molecular flexibility index (Phi) is 5.73. The molecule has 1 fully saturated rings. The number of rotatable bonds is 5. The molecule has 0 aliphatic heterocycles. The van der Waals surface area contributed by atoms with Crippen molar-refractivity contribution in [3.05, 3.63) is 74.9 Å². The van der Waals surface area contributed by atoms with Gasteiger partial charge < -0.3 is 4.57 Å². The number of benzene rings is 2. The molecule has 176 valence electrons. The zero-order valence-electron chi connectivity index (χ0n) is 18.9. The van der Waals surface area contributed by atoms with Gasteiger partial charge in [0.15, 0.2) is 4.60 Å². The van der Waals surface area contributed by atoms with Crippen molar-refractivity contribution in [3.8, 4) is 22.5 Å². The number of aromatic nitrogens is 8. The molecular formula is C25H23BrN8O. The molecular weight excluding hydrogens is 508 g/mol. The highest BCUT2D eigenvalue weighted by molar-refractivity contribution is 9.10. The minimum absolute atomic E-state index is 0.219. The molecule has 2 aromatic carbocycles. The van der Waals surface area contributed by atoms with E-state index in [0.717, 1.165) is 40.9 Å². The summed E-state index contributed by atoms with van der Waals surface area (Å²) < 4.78 is 2.65. The molecule has 0 spiro atoms. The number of H-pyrrole nitrogens is 2. The fraction of sp³-hybridized carbons (Fsp3) is 0.280. The molecule has 0 bridgehead atoms.